The van der Waals surface area contributed by atoms with E-state index in [-0.39, 0.29) is 74.2 Å². The Hall–Kier alpha value is -7.36. The smallest absolute Gasteiger partial charge is 0.143 e. The van der Waals surface area contributed by atoms with Crippen LogP contribution >= 0.6 is 0 Å². The predicted molar refractivity (Wildman–Crippen MR) is 229 cm³/mol. The maximum atomic E-state index is 10.4. The lowest BCUT2D eigenvalue weighted by Gasteiger charge is -2.27. The van der Waals surface area contributed by atoms with Gasteiger partial charge in [0, 0.05) is 49.3 Å². The van der Waals surface area contributed by atoms with Crippen LogP contribution in [0, 0.1) is 0 Å². The van der Waals surface area contributed by atoms with Crippen molar-refractivity contribution in [2.75, 3.05) is 4.90 Å². The molecular weight excluding hydrogens is 671 g/mol. The van der Waals surface area contributed by atoms with Gasteiger partial charge in [0.2, 0.25) is 0 Å². The fourth-order valence-corrected chi connectivity index (χ4v) is 7.70. The monoisotopic (exact) mass is 711 g/mol. The molecule has 0 spiro atoms. The molecule has 0 amide bonds. The zero-order valence-electron chi connectivity index (χ0n) is 37.2. The molecule has 3 heteroatoms. The van der Waals surface area contributed by atoms with E-state index < -0.39 is 18.1 Å². The van der Waals surface area contributed by atoms with Gasteiger partial charge >= 0.3 is 0 Å². The Kier molecular flexibility index (Phi) is 5.53. The average Bonchev–Trinajstić information content (AvgIpc) is 3.91. The largest absolute Gasteiger partial charge is 0.455 e. The van der Waals surface area contributed by atoms with Crippen molar-refractivity contribution in [1.82, 2.24) is 0 Å². The number of rotatable bonds is 6. The molecule has 3 nitrogen and oxygen atoms in total. The first kappa shape index (κ1) is 24.1. The van der Waals surface area contributed by atoms with Gasteiger partial charge in [-0.2, -0.15) is 0 Å². The van der Waals surface area contributed by atoms with Gasteiger partial charge in [0.05, 0.1) is 16.7 Å². The number of nitrogens with zero attached hydrogens (tertiary/aromatic N) is 1. The van der Waals surface area contributed by atoms with Gasteiger partial charge in [-0.3, -0.25) is 0 Å². The summed E-state index contributed by atoms with van der Waals surface area (Å²) in [7, 11) is 0. The van der Waals surface area contributed by atoms with Crippen molar-refractivity contribution in [3.05, 3.63) is 200 Å². The number of benzene rings is 9. The first-order valence-electron chi connectivity index (χ1n) is 22.0. The van der Waals surface area contributed by atoms with Gasteiger partial charge in [-0.15, -0.1) is 0 Å². The van der Waals surface area contributed by atoms with Crippen LogP contribution in [0.5, 0.6) is 0 Å². The second kappa shape index (κ2) is 12.6. The molecule has 9 aromatic carbocycles. The summed E-state index contributed by atoms with van der Waals surface area (Å²) in [6, 6.07) is 45.6. The van der Waals surface area contributed by atoms with E-state index in [4.69, 9.17) is 14.3 Å². The second-order valence-corrected chi connectivity index (χ2v) is 13.4. The van der Waals surface area contributed by atoms with Crippen LogP contribution < -0.4 is 4.90 Å². The zero-order valence-corrected chi connectivity index (χ0v) is 29.2. The molecule has 0 unspecified atom stereocenters. The normalized spacial score (nSPS) is 13.7. The van der Waals surface area contributed by atoms with E-state index >= 15 is 0 Å². The molecule has 0 radical (unpaired) electrons. The minimum atomic E-state index is -0.496. The van der Waals surface area contributed by atoms with Crippen molar-refractivity contribution >= 4 is 71.7 Å². The zero-order chi connectivity index (χ0) is 43.3. The molecule has 11 aromatic rings. The van der Waals surface area contributed by atoms with Gasteiger partial charge in [-0.1, -0.05) is 158 Å². The van der Waals surface area contributed by atoms with Gasteiger partial charge in [-0.25, -0.2) is 0 Å². The van der Waals surface area contributed by atoms with Crippen LogP contribution in [0.25, 0.3) is 88.0 Å². The molecule has 0 saturated heterocycles. The third kappa shape index (κ3) is 5.13. The standard InChI is InChI=1S/C52H33NO2/c1-3-13-34(14-4-1)36-25-29-38(30-26-36)53(39-31-27-37(28-32-39)35-15-5-2-6-16-35)47-33-46-50-42(20-12-24-49(50)55-52(46)43-19-8-7-17-40(43)47)45-22-11-21-44-41-18-9-10-23-48(41)54-51(44)45/h1-33H/i7D,8D,12D,17D,19D,20D,24D,33D. The molecule has 0 aliphatic rings. The lowest BCUT2D eigenvalue weighted by molar-refractivity contribution is 0.670. The quantitative estimate of drug-likeness (QED) is 0.172. The Morgan fingerprint density at radius 3 is 1.65 bits per heavy atom. The van der Waals surface area contributed by atoms with E-state index in [1.54, 1.807) is 6.07 Å². The molecule has 0 bridgehead atoms. The molecule has 55 heavy (non-hydrogen) atoms. The Balaban J connectivity index is 1.29. The van der Waals surface area contributed by atoms with Gasteiger partial charge in [-0.05, 0) is 70.2 Å². The fraction of sp³-hybridized carbons (Fsp3) is 0. The molecule has 2 aromatic heterocycles. The molecule has 0 atom stereocenters. The molecule has 0 aliphatic carbocycles. The minimum absolute atomic E-state index is 0.00960. The third-order valence-corrected chi connectivity index (χ3v) is 10.3. The first-order valence-corrected chi connectivity index (χ1v) is 18.0. The molecule has 11 rings (SSSR count). The minimum Gasteiger partial charge on any atom is -0.455 e. The van der Waals surface area contributed by atoms with E-state index in [0.717, 1.165) is 33.0 Å². The number of para-hydroxylation sites is 2. The predicted octanol–water partition coefficient (Wildman–Crippen LogP) is 15.1. The summed E-state index contributed by atoms with van der Waals surface area (Å²) in [6.45, 7) is 0. The van der Waals surface area contributed by atoms with Crippen LogP contribution in [-0.2, 0) is 0 Å². The van der Waals surface area contributed by atoms with Gasteiger partial charge in [0.25, 0.3) is 0 Å². The second-order valence-electron chi connectivity index (χ2n) is 13.4. The lowest BCUT2D eigenvalue weighted by atomic mass is 9.95. The lowest BCUT2D eigenvalue weighted by Crippen LogP contribution is -2.10. The maximum Gasteiger partial charge on any atom is 0.143 e. The average molecular weight is 712 g/mol. The molecular formula is C52H33NO2. The maximum absolute atomic E-state index is 10.4. The number of hydrogen-bond donors (Lipinski definition) is 0. The Bertz CT molecular complexity index is 3560. The highest BCUT2D eigenvalue weighted by Crippen LogP contribution is 2.48. The topological polar surface area (TPSA) is 29.5 Å². The van der Waals surface area contributed by atoms with Gasteiger partial charge in [0.1, 0.15) is 22.3 Å². The Labute approximate surface area is 329 Å². The van der Waals surface area contributed by atoms with E-state index in [2.05, 4.69) is 0 Å². The molecule has 0 aliphatic heterocycles. The number of furan rings is 2. The van der Waals surface area contributed by atoms with Gasteiger partial charge in [0.15, 0.2) is 0 Å². The first-order chi connectivity index (χ1) is 30.6. The summed E-state index contributed by atoms with van der Waals surface area (Å²) in [5.41, 5.74) is 6.90. The van der Waals surface area contributed by atoms with E-state index in [0.29, 0.717) is 28.1 Å². The number of fused-ring (bicyclic) bond motifs is 8. The van der Waals surface area contributed by atoms with Crippen LogP contribution in [0.2, 0.25) is 0 Å². The van der Waals surface area contributed by atoms with E-state index in [1.807, 2.05) is 150 Å². The molecule has 0 N–H and O–H groups in total. The van der Waals surface area contributed by atoms with E-state index in [1.165, 1.54) is 0 Å². The van der Waals surface area contributed by atoms with Crippen molar-refractivity contribution < 1.29 is 19.8 Å². The summed E-state index contributed by atoms with van der Waals surface area (Å²) in [5, 5.41) is 2.02. The highest BCUT2D eigenvalue weighted by molar-refractivity contribution is 6.24. The highest BCUT2D eigenvalue weighted by Gasteiger charge is 2.23. The van der Waals surface area contributed by atoms with Crippen LogP contribution in [0.4, 0.5) is 17.1 Å². The van der Waals surface area contributed by atoms with E-state index in [9.17, 15) is 5.48 Å². The third-order valence-electron chi connectivity index (χ3n) is 10.3. The van der Waals surface area contributed by atoms with Crippen molar-refractivity contribution in [2.45, 2.75) is 0 Å². The Morgan fingerprint density at radius 2 is 0.964 bits per heavy atom. The molecule has 0 fully saturated rings. The fourth-order valence-electron chi connectivity index (χ4n) is 7.70. The van der Waals surface area contributed by atoms with Crippen molar-refractivity contribution in [3.63, 3.8) is 0 Å². The summed E-state index contributed by atoms with van der Waals surface area (Å²) >= 11 is 0. The van der Waals surface area contributed by atoms with Gasteiger partial charge < -0.3 is 13.7 Å². The molecule has 0 saturated carbocycles. The van der Waals surface area contributed by atoms with Crippen LogP contribution in [0.15, 0.2) is 209 Å². The van der Waals surface area contributed by atoms with Crippen molar-refractivity contribution in [2.24, 2.45) is 0 Å². The molecule has 2 heterocycles. The Morgan fingerprint density at radius 1 is 0.382 bits per heavy atom. The van der Waals surface area contributed by atoms with Crippen LogP contribution in [0.1, 0.15) is 11.0 Å². The summed E-state index contributed by atoms with van der Waals surface area (Å²) in [5.74, 6) is 0. The summed E-state index contributed by atoms with van der Waals surface area (Å²) in [4.78, 5) is 1.83. The summed E-state index contributed by atoms with van der Waals surface area (Å²) in [6.07, 6.45) is 0. The van der Waals surface area contributed by atoms with Crippen molar-refractivity contribution in [1.29, 1.82) is 0 Å². The summed E-state index contributed by atoms with van der Waals surface area (Å²) < 4.78 is 87.6. The number of anilines is 3. The van der Waals surface area contributed by atoms with Crippen LogP contribution in [-0.4, -0.2) is 0 Å². The molecule has 258 valence electrons. The SMILES string of the molecule is [2H]c1c([2H])c(-c2cccc3c2oc2ccccc23)c2c(oc3c4c([2H])c([2H])c([2H])c([2H])c4c(N(c4ccc(-c5ccccc5)cc4)c4ccc(-c5ccccc5)cc4)c([2H])c32)c1[2H]. The number of hydrogen-bond acceptors (Lipinski definition) is 3. The van der Waals surface area contributed by atoms with Crippen molar-refractivity contribution in [3.8, 4) is 33.4 Å². The highest BCUT2D eigenvalue weighted by atomic mass is 16.3. The van der Waals surface area contributed by atoms with Crippen LogP contribution in [0.3, 0.4) is 0 Å².